The predicted molar refractivity (Wildman–Crippen MR) is 79.3 cm³/mol. The minimum atomic E-state index is -3.60. The maximum Gasteiger partial charge on any atom is 0.246 e. The highest BCUT2D eigenvalue weighted by atomic mass is 35.5. The fraction of sp³-hybridized carbons (Fsp3) is 0.308. The number of sulfonamides is 1. The number of nitrogens with zero attached hydrogens (tertiary/aromatic N) is 2. The molecule has 1 saturated carbocycles. The molecule has 2 aromatic rings. The van der Waals surface area contributed by atoms with Crippen molar-refractivity contribution < 1.29 is 8.42 Å². The molecule has 4 nitrogen and oxygen atoms in total. The summed E-state index contributed by atoms with van der Waals surface area (Å²) in [4.78, 5) is 4.98. The molecular formula is C13H13ClN2O2S2. The zero-order chi connectivity index (χ0) is 14.2. The standard InChI is InChI=1S/C13H13ClN2O2S2/c14-13-12(4-1-7-15-13)20(17,18)16(10-5-6-10)9-11-3-2-8-19-11/h1-4,7-8,10H,5-6,9H2. The molecule has 0 radical (unpaired) electrons. The Morgan fingerprint density at radius 2 is 2.15 bits per heavy atom. The lowest BCUT2D eigenvalue weighted by Gasteiger charge is -2.21. The SMILES string of the molecule is O=S(=O)(c1cccnc1Cl)N(Cc1cccs1)C1CC1. The van der Waals surface area contributed by atoms with E-state index in [0.29, 0.717) is 6.54 Å². The van der Waals surface area contributed by atoms with E-state index in [9.17, 15) is 8.42 Å². The van der Waals surface area contributed by atoms with Gasteiger partial charge in [0.1, 0.15) is 10.0 Å². The van der Waals surface area contributed by atoms with E-state index in [1.165, 1.54) is 12.3 Å². The fourth-order valence-corrected chi connectivity index (χ4v) is 4.90. The quantitative estimate of drug-likeness (QED) is 0.792. The fourth-order valence-electron chi connectivity index (χ4n) is 2.02. The molecular weight excluding hydrogens is 316 g/mol. The van der Waals surface area contributed by atoms with Gasteiger partial charge in [-0.25, -0.2) is 13.4 Å². The molecule has 1 aliphatic carbocycles. The monoisotopic (exact) mass is 328 g/mol. The van der Waals surface area contributed by atoms with Gasteiger partial charge in [0.15, 0.2) is 0 Å². The topological polar surface area (TPSA) is 50.3 Å². The number of thiophene rings is 1. The van der Waals surface area contributed by atoms with Crippen LogP contribution in [0.25, 0.3) is 0 Å². The van der Waals surface area contributed by atoms with E-state index in [0.717, 1.165) is 17.7 Å². The van der Waals surface area contributed by atoms with E-state index >= 15 is 0 Å². The predicted octanol–water partition coefficient (Wildman–Crippen LogP) is 3.15. The third-order valence-corrected chi connectivity index (χ3v) is 6.36. The summed E-state index contributed by atoms with van der Waals surface area (Å²) < 4.78 is 27.1. The van der Waals surface area contributed by atoms with Gasteiger partial charge in [0.2, 0.25) is 10.0 Å². The van der Waals surface area contributed by atoms with Crippen LogP contribution in [-0.2, 0) is 16.6 Å². The normalized spacial score (nSPS) is 15.7. The van der Waals surface area contributed by atoms with Crippen LogP contribution in [0.2, 0.25) is 5.15 Å². The van der Waals surface area contributed by atoms with E-state index in [1.807, 2.05) is 17.5 Å². The first kappa shape index (κ1) is 14.0. The van der Waals surface area contributed by atoms with Crippen LogP contribution in [0.1, 0.15) is 17.7 Å². The van der Waals surface area contributed by atoms with E-state index in [-0.39, 0.29) is 16.1 Å². The number of rotatable bonds is 5. The molecule has 1 fully saturated rings. The molecule has 7 heteroatoms. The second kappa shape index (κ2) is 5.44. The van der Waals surface area contributed by atoms with Gasteiger partial charge >= 0.3 is 0 Å². The van der Waals surface area contributed by atoms with E-state index < -0.39 is 10.0 Å². The smallest absolute Gasteiger partial charge is 0.243 e. The molecule has 0 unspecified atom stereocenters. The van der Waals surface area contributed by atoms with Gasteiger partial charge in [-0.3, -0.25) is 0 Å². The maximum absolute atomic E-state index is 12.8. The van der Waals surface area contributed by atoms with Crippen LogP contribution in [0, 0.1) is 0 Å². The van der Waals surface area contributed by atoms with Crippen molar-refractivity contribution in [2.24, 2.45) is 0 Å². The number of pyridine rings is 1. The van der Waals surface area contributed by atoms with Crippen LogP contribution in [0.3, 0.4) is 0 Å². The van der Waals surface area contributed by atoms with Crippen molar-refractivity contribution in [1.29, 1.82) is 0 Å². The molecule has 3 rings (SSSR count). The average molecular weight is 329 g/mol. The molecule has 0 N–H and O–H groups in total. The molecule has 0 spiro atoms. The van der Waals surface area contributed by atoms with Crippen molar-refractivity contribution >= 4 is 33.0 Å². The molecule has 106 valence electrons. The minimum Gasteiger partial charge on any atom is -0.243 e. The highest BCUT2D eigenvalue weighted by Gasteiger charge is 2.39. The summed E-state index contributed by atoms with van der Waals surface area (Å²) >= 11 is 7.50. The number of hydrogen-bond donors (Lipinski definition) is 0. The summed E-state index contributed by atoms with van der Waals surface area (Å²) in [6, 6.07) is 7.05. The Morgan fingerprint density at radius 3 is 2.75 bits per heavy atom. The van der Waals surface area contributed by atoms with Gasteiger partial charge in [0.25, 0.3) is 0 Å². The van der Waals surface area contributed by atoms with Gasteiger partial charge in [-0.1, -0.05) is 17.7 Å². The zero-order valence-electron chi connectivity index (χ0n) is 10.6. The Morgan fingerprint density at radius 1 is 1.35 bits per heavy atom. The first-order valence-electron chi connectivity index (χ1n) is 6.24. The summed E-state index contributed by atoms with van der Waals surface area (Å²) in [6.45, 7) is 0.399. The molecule has 0 aromatic carbocycles. The number of aromatic nitrogens is 1. The highest BCUT2D eigenvalue weighted by molar-refractivity contribution is 7.89. The third-order valence-electron chi connectivity index (χ3n) is 3.16. The molecule has 0 amide bonds. The van der Waals surface area contributed by atoms with Crippen molar-refractivity contribution in [3.63, 3.8) is 0 Å². The van der Waals surface area contributed by atoms with Gasteiger partial charge in [-0.2, -0.15) is 4.31 Å². The van der Waals surface area contributed by atoms with Crippen LogP contribution in [-0.4, -0.2) is 23.7 Å². The van der Waals surface area contributed by atoms with Crippen molar-refractivity contribution in [1.82, 2.24) is 9.29 Å². The second-order valence-electron chi connectivity index (χ2n) is 4.65. The Kier molecular flexibility index (Phi) is 3.81. The first-order valence-corrected chi connectivity index (χ1v) is 8.93. The molecule has 20 heavy (non-hydrogen) atoms. The summed E-state index contributed by atoms with van der Waals surface area (Å²) in [5, 5.41) is 1.98. The molecule has 1 aliphatic rings. The lowest BCUT2D eigenvalue weighted by molar-refractivity contribution is 0.401. The number of hydrogen-bond acceptors (Lipinski definition) is 4. The average Bonchev–Trinajstić information content (AvgIpc) is 3.12. The van der Waals surface area contributed by atoms with E-state index in [1.54, 1.807) is 21.7 Å². The highest BCUT2D eigenvalue weighted by Crippen LogP contribution is 2.35. The second-order valence-corrected chi connectivity index (χ2v) is 7.90. The summed E-state index contributed by atoms with van der Waals surface area (Å²) in [5.41, 5.74) is 0. The van der Waals surface area contributed by atoms with Crippen molar-refractivity contribution in [2.75, 3.05) is 0 Å². The Hall–Kier alpha value is -0.950. The molecule has 2 heterocycles. The summed E-state index contributed by atoms with van der Waals surface area (Å²) in [5.74, 6) is 0. The van der Waals surface area contributed by atoms with E-state index in [4.69, 9.17) is 11.6 Å². The van der Waals surface area contributed by atoms with Crippen molar-refractivity contribution in [2.45, 2.75) is 30.3 Å². The van der Waals surface area contributed by atoms with Crippen LogP contribution in [0.4, 0.5) is 0 Å². The lowest BCUT2D eigenvalue weighted by Crippen LogP contribution is -2.32. The Bertz CT molecular complexity index is 697. The van der Waals surface area contributed by atoms with Gasteiger partial charge in [-0.05, 0) is 36.4 Å². The van der Waals surface area contributed by atoms with E-state index in [2.05, 4.69) is 4.98 Å². The Labute approximate surface area is 127 Å². The molecule has 0 saturated heterocycles. The molecule has 0 aliphatic heterocycles. The van der Waals surface area contributed by atoms with Crippen LogP contribution < -0.4 is 0 Å². The van der Waals surface area contributed by atoms with Crippen LogP contribution >= 0.6 is 22.9 Å². The van der Waals surface area contributed by atoms with Gasteiger partial charge in [0, 0.05) is 23.7 Å². The van der Waals surface area contributed by atoms with Gasteiger partial charge in [-0.15, -0.1) is 11.3 Å². The molecule has 2 aromatic heterocycles. The van der Waals surface area contributed by atoms with Crippen molar-refractivity contribution in [3.8, 4) is 0 Å². The maximum atomic E-state index is 12.8. The third kappa shape index (κ3) is 2.74. The molecule has 0 atom stereocenters. The van der Waals surface area contributed by atoms with Gasteiger partial charge in [0.05, 0.1) is 0 Å². The lowest BCUT2D eigenvalue weighted by atomic mass is 10.4. The largest absolute Gasteiger partial charge is 0.246 e. The minimum absolute atomic E-state index is 0.0318. The first-order chi connectivity index (χ1) is 9.59. The van der Waals surface area contributed by atoms with Crippen LogP contribution in [0.15, 0.2) is 40.7 Å². The summed E-state index contributed by atoms with van der Waals surface area (Å²) in [6.07, 6.45) is 3.30. The Balaban J connectivity index is 1.96. The summed E-state index contributed by atoms with van der Waals surface area (Å²) in [7, 11) is -3.60. The van der Waals surface area contributed by atoms with Gasteiger partial charge < -0.3 is 0 Å². The van der Waals surface area contributed by atoms with Crippen molar-refractivity contribution in [3.05, 3.63) is 45.9 Å². The van der Waals surface area contributed by atoms with Crippen LogP contribution in [0.5, 0.6) is 0 Å². The number of halogens is 1. The molecule has 0 bridgehead atoms. The zero-order valence-corrected chi connectivity index (χ0v) is 13.0.